The van der Waals surface area contributed by atoms with E-state index in [1.165, 1.54) is 0 Å². The Kier molecular flexibility index (Phi) is 16.9. The molecular formula is C42H61N9O8. The van der Waals surface area contributed by atoms with Crippen molar-refractivity contribution in [3.05, 3.63) is 71.8 Å². The molecule has 2 aromatic carbocycles. The van der Waals surface area contributed by atoms with Gasteiger partial charge in [0.1, 0.15) is 36.4 Å². The number of rotatable bonds is 23. The molecule has 0 saturated heterocycles. The number of guanidine groups is 1. The van der Waals surface area contributed by atoms with Gasteiger partial charge in [0, 0.05) is 19.5 Å². The maximum Gasteiger partial charge on any atom is 0.408 e. The maximum absolute atomic E-state index is 14.1. The van der Waals surface area contributed by atoms with Gasteiger partial charge in [-0.2, -0.15) is 0 Å². The summed E-state index contributed by atoms with van der Waals surface area (Å²) < 4.78 is 10.7. The molecule has 0 aromatic heterocycles. The molecule has 59 heavy (non-hydrogen) atoms. The molecule has 17 nitrogen and oxygen atoms in total. The normalized spacial score (nSPS) is 18.5. The minimum absolute atomic E-state index is 0.0954. The maximum atomic E-state index is 14.1. The standard InChI is InChI=1S/C42H61N9O8/c1-41(2,3)59-40(57)51-32(21-27-13-6-4-7-14-27)36(54)49-31(18-12-20-46-38(44)45)35(53)50-33(25-42-22-29(23-42)24-42)37(55)48-30(34(43)52)17-10-11-19-47-39(56)58-26-28-15-8-5-9-16-28/h4-9,13-16,29-33H,10-12,17-26H2,1-3H3,(H2,43,52)(H,47,56)(H,48,55)(H,49,54)(H,50,53)(H,51,57)(H4,44,45,46)/t29?,30-,31+,32-,33-,42?/m0/s1. The van der Waals surface area contributed by atoms with Gasteiger partial charge in [-0.3, -0.25) is 24.2 Å². The van der Waals surface area contributed by atoms with Crippen molar-refractivity contribution in [3.63, 3.8) is 0 Å². The first-order valence-electron chi connectivity index (χ1n) is 20.2. The van der Waals surface area contributed by atoms with Crippen molar-refractivity contribution in [1.29, 1.82) is 0 Å². The number of nitrogens with zero attached hydrogens (tertiary/aromatic N) is 1. The molecule has 3 aliphatic rings. The number of carbonyl (C=O) groups excluding carboxylic acids is 6. The van der Waals surface area contributed by atoms with Crippen LogP contribution in [-0.2, 0) is 41.7 Å². The van der Waals surface area contributed by atoms with Gasteiger partial charge < -0.3 is 53.3 Å². The molecule has 17 heteroatoms. The number of unbranched alkanes of at least 4 members (excludes halogenated alkanes) is 1. The van der Waals surface area contributed by atoms with Gasteiger partial charge in [-0.25, -0.2) is 9.59 Å². The summed E-state index contributed by atoms with van der Waals surface area (Å²) >= 11 is 0. The number of nitrogens with one attached hydrogen (secondary N) is 5. The molecule has 0 spiro atoms. The van der Waals surface area contributed by atoms with Gasteiger partial charge in [0.2, 0.25) is 23.6 Å². The lowest BCUT2D eigenvalue weighted by molar-refractivity contribution is -0.143. The summed E-state index contributed by atoms with van der Waals surface area (Å²) in [4.78, 5) is 83.4. The highest BCUT2D eigenvalue weighted by Crippen LogP contribution is 2.66. The number of hydrogen-bond acceptors (Lipinski definition) is 9. The SMILES string of the molecule is CC(C)(C)OC(=O)N[C@@H](Cc1ccccc1)C(=O)N[C@H](CCCN=C(N)N)C(=O)N[C@@H](CC12CC(C1)C2)C(=O)N[C@@H](CCCCNC(=O)OCc1ccccc1)C(N)=O. The summed E-state index contributed by atoms with van der Waals surface area (Å²) in [6.07, 6.45) is 3.39. The Morgan fingerprint density at radius 2 is 1.27 bits per heavy atom. The van der Waals surface area contributed by atoms with Crippen LogP contribution >= 0.6 is 0 Å². The third-order valence-corrected chi connectivity index (χ3v) is 10.4. The van der Waals surface area contributed by atoms with Gasteiger partial charge in [-0.1, -0.05) is 60.7 Å². The zero-order chi connectivity index (χ0) is 43.0. The van der Waals surface area contributed by atoms with Gasteiger partial charge in [-0.05, 0) is 101 Å². The third-order valence-electron chi connectivity index (χ3n) is 10.4. The van der Waals surface area contributed by atoms with E-state index in [9.17, 15) is 28.8 Å². The molecule has 0 unspecified atom stereocenters. The summed E-state index contributed by atoms with van der Waals surface area (Å²) in [6.45, 7) is 5.69. The monoisotopic (exact) mass is 819 g/mol. The van der Waals surface area contributed by atoms with Crippen LogP contribution in [0.2, 0.25) is 0 Å². The van der Waals surface area contributed by atoms with Crippen molar-refractivity contribution in [2.75, 3.05) is 13.1 Å². The quantitative estimate of drug-likeness (QED) is 0.0461. The van der Waals surface area contributed by atoms with E-state index in [4.69, 9.17) is 26.7 Å². The van der Waals surface area contributed by atoms with Gasteiger partial charge in [0.15, 0.2) is 5.96 Å². The Labute approximate surface area is 345 Å². The number of aliphatic imine (C=N–C) groups is 1. The average Bonchev–Trinajstić information content (AvgIpc) is 3.14. The second-order valence-corrected chi connectivity index (χ2v) is 16.6. The van der Waals surface area contributed by atoms with Crippen LogP contribution in [0.1, 0.15) is 89.7 Å². The number of hydrogen-bond donors (Lipinski definition) is 8. The topological polar surface area (TPSA) is 271 Å². The van der Waals surface area contributed by atoms with Crippen molar-refractivity contribution in [2.24, 2.45) is 33.5 Å². The first kappa shape index (κ1) is 45.8. The fourth-order valence-electron chi connectivity index (χ4n) is 7.37. The van der Waals surface area contributed by atoms with E-state index in [1.807, 2.05) is 60.7 Å². The number of primary amides is 1. The Morgan fingerprint density at radius 1 is 0.712 bits per heavy atom. The molecule has 0 aliphatic heterocycles. The Morgan fingerprint density at radius 3 is 1.85 bits per heavy atom. The number of carbonyl (C=O) groups is 6. The molecule has 2 bridgehead atoms. The minimum atomic E-state index is -1.16. The average molecular weight is 820 g/mol. The van der Waals surface area contributed by atoms with Gasteiger partial charge in [0.05, 0.1) is 0 Å². The molecule has 11 N–H and O–H groups in total. The number of amides is 6. The predicted octanol–water partition coefficient (Wildman–Crippen LogP) is 2.40. The molecule has 0 heterocycles. The number of nitrogens with two attached hydrogens (primary N) is 3. The molecule has 3 fully saturated rings. The number of ether oxygens (including phenoxy) is 2. The lowest BCUT2D eigenvalue weighted by Crippen LogP contribution is -2.61. The lowest BCUT2D eigenvalue weighted by atomic mass is 9.43. The Balaban J connectivity index is 1.41. The predicted molar refractivity (Wildman–Crippen MR) is 221 cm³/mol. The summed E-state index contributed by atoms with van der Waals surface area (Å²) in [5.74, 6) is -2.12. The number of benzene rings is 2. The van der Waals surface area contributed by atoms with E-state index >= 15 is 0 Å². The van der Waals surface area contributed by atoms with Crippen LogP contribution in [0.4, 0.5) is 9.59 Å². The van der Waals surface area contributed by atoms with Crippen LogP contribution in [0.15, 0.2) is 65.7 Å². The Bertz CT molecular complexity index is 1750. The smallest absolute Gasteiger partial charge is 0.408 e. The van der Waals surface area contributed by atoms with E-state index in [0.717, 1.165) is 30.4 Å². The molecule has 322 valence electrons. The molecular weight excluding hydrogens is 759 g/mol. The van der Waals surface area contributed by atoms with Crippen molar-refractivity contribution in [3.8, 4) is 0 Å². The lowest BCUT2D eigenvalue weighted by Gasteiger charge is -2.63. The highest BCUT2D eigenvalue weighted by atomic mass is 16.6. The minimum Gasteiger partial charge on any atom is -0.445 e. The van der Waals surface area contributed by atoms with E-state index in [2.05, 4.69) is 31.6 Å². The molecule has 5 rings (SSSR count). The Hall–Kier alpha value is -5.87. The second kappa shape index (κ2) is 21.8. The molecule has 3 aliphatic carbocycles. The molecule has 3 saturated carbocycles. The highest BCUT2D eigenvalue weighted by molar-refractivity contribution is 5.95. The summed E-state index contributed by atoms with van der Waals surface area (Å²) in [6, 6.07) is 14.0. The molecule has 2 aromatic rings. The van der Waals surface area contributed by atoms with Crippen LogP contribution in [0, 0.1) is 11.3 Å². The van der Waals surface area contributed by atoms with Crippen LogP contribution in [-0.4, -0.2) is 84.6 Å². The third kappa shape index (κ3) is 15.8. The van der Waals surface area contributed by atoms with E-state index in [0.29, 0.717) is 31.6 Å². The summed E-state index contributed by atoms with van der Waals surface area (Å²) in [5, 5.41) is 13.7. The van der Waals surface area contributed by atoms with Crippen LogP contribution in [0.3, 0.4) is 0 Å². The largest absolute Gasteiger partial charge is 0.445 e. The fraction of sp³-hybridized carbons (Fsp3) is 0.548. The zero-order valence-corrected chi connectivity index (χ0v) is 34.3. The second-order valence-electron chi connectivity index (χ2n) is 16.6. The molecule has 6 amide bonds. The zero-order valence-electron chi connectivity index (χ0n) is 34.3. The van der Waals surface area contributed by atoms with Crippen LogP contribution in [0.25, 0.3) is 0 Å². The van der Waals surface area contributed by atoms with Crippen LogP contribution < -0.4 is 43.8 Å². The van der Waals surface area contributed by atoms with Gasteiger partial charge in [-0.15, -0.1) is 0 Å². The van der Waals surface area contributed by atoms with Crippen molar-refractivity contribution in [1.82, 2.24) is 26.6 Å². The first-order chi connectivity index (χ1) is 28.0. The van der Waals surface area contributed by atoms with Crippen molar-refractivity contribution < 1.29 is 38.2 Å². The van der Waals surface area contributed by atoms with Crippen molar-refractivity contribution in [2.45, 2.75) is 121 Å². The molecule has 4 atom stereocenters. The van der Waals surface area contributed by atoms with Gasteiger partial charge >= 0.3 is 12.2 Å². The van der Waals surface area contributed by atoms with E-state index < -0.39 is 65.6 Å². The summed E-state index contributed by atoms with van der Waals surface area (Å²) in [7, 11) is 0. The van der Waals surface area contributed by atoms with E-state index in [1.54, 1.807) is 20.8 Å². The van der Waals surface area contributed by atoms with Crippen molar-refractivity contribution >= 4 is 41.8 Å². The number of alkyl carbamates (subject to hydrolysis) is 2. The molecule has 0 radical (unpaired) electrons. The highest BCUT2D eigenvalue weighted by Gasteiger charge is 2.57. The van der Waals surface area contributed by atoms with E-state index in [-0.39, 0.29) is 50.3 Å². The summed E-state index contributed by atoms with van der Waals surface area (Å²) in [5.41, 5.74) is 17.4. The van der Waals surface area contributed by atoms with Crippen LogP contribution in [0.5, 0.6) is 0 Å². The fourth-order valence-corrected chi connectivity index (χ4v) is 7.37. The first-order valence-corrected chi connectivity index (χ1v) is 20.2. The van der Waals surface area contributed by atoms with Gasteiger partial charge in [0.25, 0.3) is 0 Å².